The quantitative estimate of drug-likeness (QED) is 0.807. The average molecular weight is 322 g/mol. The summed E-state index contributed by atoms with van der Waals surface area (Å²) in [6.07, 6.45) is 4.16. The predicted octanol–water partition coefficient (Wildman–Crippen LogP) is 2.11. The van der Waals surface area contributed by atoms with Crippen LogP contribution in [0.2, 0.25) is 0 Å². The first kappa shape index (κ1) is 15.5. The molecule has 0 radical (unpaired) electrons. The second-order valence-electron chi connectivity index (χ2n) is 6.53. The Morgan fingerprint density at radius 1 is 1.36 bits per heavy atom. The lowest BCUT2D eigenvalue weighted by Crippen LogP contribution is -2.55. The first-order valence-corrected chi connectivity index (χ1v) is 8.76. The summed E-state index contributed by atoms with van der Waals surface area (Å²) >= 11 is 1.54. The molecule has 22 heavy (non-hydrogen) atoms. The smallest absolute Gasteiger partial charge is 0.317 e. The van der Waals surface area contributed by atoms with Crippen molar-refractivity contribution >= 4 is 23.2 Å². The van der Waals surface area contributed by atoms with Gasteiger partial charge in [0, 0.05) is 24.0 Å². The number of aliphatic carboxylic acids is 1. The highest BCUT2D eigenvalue weighted by molar-refractivity contribution is 7.08. The van der Waals surface area contributed by atoms with Crippen molar-refractivity contribution in [1.29, 1.82) is 0 Å². The van der Waals surface area contributed by atoms with Gasteiger partial charge in [0.15, 0.2) is 0 Å². The van der Waals surface area contributed by atoms with Gasteiger partial charge < -0.3 is 10.4 Å². The van der Waals surface area contributed by atoms with Crippen LogP contribution in [0.5, 0.6) is 0 Å². The summed E-state index contributed by atoms with van der Waals surface area (Å²) in [5.74, 6) is -0.0855. The number of carboxylic acids is 1. The lowest BCUT2D eigenvalue weighted by atomic mass is 9.85. The lowest BCUT2D eigenvalue weighted by molar-refractivity contribution is -0.139. The van der Waals surface area contributed by atoms with Crippen LogP contribution >= 0.6 is 11.3 Å². The number of carbonyl (C=O) groups excluding carboxylic acids is 1. The van der Waals surface area contributed by atoms with Gasteiger partial charge in [-0.1, -0.05) is 0 Å². The molecule has 3 rings (SSSR count). The number of hydrogen-bond donors (Lipinski definition) is 2. The average Bonchev–Trinajstić information content (AvgIpc) is 3.11. The summed E-state index contributed by atoms with van der Waals surface area (Å²) in [4.78, 5) is 25.2. The fourth-order valence-corrected chi connectivity index (χ4v) is 3.84. The van der Waals surface area contributed by atoms with Gasteiger partial charge in [0.2, 0.25) is 0 Å². The van der Waals surface area contributed by atoms with Gasteiger partial charge in [-0.3, -0.25) is 14.5 Å². The third kappa shape index (κ3) is 3.67. The van der Waals surface area contributed by atoms with Gasteiger partial charge >= 0.3 is 5.97 Å². The third-order valence-electron chi connectivity index (χ3n) is 4.59. The van der Waals surface area contributed by atoms with Crippen molar-refractivity contribution in [2.24, 2.45) is 5.92 Å². The number of rotatable bonds is 7. The standard InChI is InChI=1S/C16H22N2O3S/c1-10-8-22-9-14(10)16(21)17-12-4-13(5-12)18(7-15(19)20)6-11-2-3-11/h8-9,11-13H,2-7H2,1H3,(H,17,21)(H,19,20). The second kappa shape index (κ2) is 6.38. The Labute approximate surface area is 134 Å². The highest BCUT2D eigenvalue weighted by atomic mass is 32.1. The maximum Gasteiger partial charge on any atom is 0.317 e. The molecule has 6 heteroatoms. The molecule has 0 bridgehead atoms. The first-order valence-electron chi connectivity index (χ1n) is 7.82. The second-order valence-corrected chi connectivity index (χ2v) is 7.27. The third-order valence-corrected chi connectivity index (χ3v) is 5.45. The molecule has 0 saturated heterocycles. The minimum Gasteiger partial charge on any atom is -0.480 e. The van der Waals surface area contributed by atoms with Crippen LogP contribution in [0.4, 0.5) is 0 Å². The number of nitrogens with one attached hydrogen (secondary N) is 1. The normalized spacial score (nSPS) is 24.1. The molecule has 0 aromatic carbocycles. The zero-order chi connectivity index (χ0) is 15.7. The Bertz CT molecular complexity index is 561. The molecule has 1 amide bonds. The first-order chi connectivity index (χ1) is 10.5. The van der Waals surface area contributed by atoms with Crippen LogP contribution in [0.1, 0.15) is 41.6 Å². The molecule has 2 aliphatic carbocycles. The van der Waals surface area contributed by atoms with Crippen LogP contribution in [-0.2, 0) is 4.79 Å². The molecule has 0 spiro atoms. The molecule has 5 nitrogen and oxygen atoms in total. The summed E-state index contributed by atoms with van der Waals surface area (Å²) in [5, 5.41) is 16.0. The molecule has 0 atom stereocenters. The molecule has 2 aliphatic rings. The molecular weight excluding hydrogens is 300 g/mol. The highest BCUT2D eigenvalue weighted by Gasteiger charge is 2.37. The minimum atomic E-state index is -0.762. The maximum atomic E-state index is 12.2. The van der Waals surface area contributed by atoms with E-state index < -0.39 is 5.97 Å². The van der Waals surface area contributed by atoms with Crippen LogP contribution in [0.15, 0.2) is 10.8 Å². The Kier molecular flexibility index (Phi) is 4.49. The van der Waals surface area contributed by atoms with E-state index in [1.54, 1.807) is 0 Å². The van der Waals surface area contributed by atoms with Gasteiger partial charge in [-0.25, -0.2) is 0 Å². The lowest BCUT2D eigenvalue weighted by Gasteiger charge is -2.42. The van der Waals surface area contributed by atoms with Crippen molar-refractivity contribution < 1.29 is 14.7 Å². The van der Waals surface area contributed by atoms with Crippen LogP contribution < -0.4 is 5.32 Å². The topological polar surface area (TPSA) is 69.6 Å². The number of hydrogen-bond acceptors (Lipinski definition) is 4. The summed E-state index contributed by atoms with van der Waals surface area (Å²) in [6, 6.07) is 0.470. The number of thiophene rings is 1. The largest absolute Gasteiger partial charge is 0.480 e. The maximum absolute atomic E-state index is 12.2. The molecule has 1 heterocycles. The van der Waals surface area contributed by atoms with Gasteiger partial charge in [0.25, 0.3) is 5.91 Å². The Balaban J connectivity index is 1.48. The number of nitrogens with zero attached hydrogens (tertiary/aromatic N) is 1. The van der Waals surface area contributed by atoms with Crippen molar-refractivity contribution in [3.05, 3.63) is 21.9 Å². The summed E-state index contributed by atoms with van der Waals surface area (Å²) in [5.41, 5.74) is 1.77. The molecule has 2 N–H and O–H groups in total. The van der Waals surface area contributed by atoms with E-state index in [2.05, 4.69) is 10.2 Å². The molecule has 0 unspecified atom stereocenters. The molecule has 0 aliphatic heterocycles. The van der Waals surface area contributed by atoms with Crippen molar-refractivity contribution in [1.82, 2.24) is 10.2 Å². The molecule has 120 valence electrons. The van der Waals surface area contributed by atoms with E-state index in [0.29, 0.717) is 12.0 Å². The number of aryl methyl sites for hydroxylation is 1. The number of amides is 1. The van der Waals surface area contributed by atoms with Gasteiger partial charge in [0.05, 0.1) is 12.1 Å². The van der Waals surface area contributed by atoms with E-state index in [1.807, 2.05) is 17.7 Å². The summed E-state index contributed by atoms with van der Waals surface area (Å²) in [7, 11) is 0. The number of carboxylic acid groups (broad SMARTS) is 1. The van der Waals surface area contributed by atoms with E-state index >= 15 is 0 Å². The van der Waals surface area contributed by atoms with E-state index in [4.69, 9.17) is 5.11 Å². The summed E-state index contributed by atoms with van der Waals surface area (Å²) < 4.78 is 0. The Hall–Kier alpha value is -1.40. The molecular formula is C16H22N2O3S. The molecule has 2 saturated carbocycles. The van der Waals surface area contributed by atoms with Crippen molar-refractivity contribution in [2.75, 3.05) is 13.1 Å². The Morgan fingerprint density at radius 3 is 2.64 bits per heavy atom. The SMILES string of the molecule is Cc1cscc1C(=O)NC1CC(N(CC(=O)O)CC2CC2)C1. The van der Waals surface area contributed by atoms with Crippen LogP contribution in [0.25, 0.3) is 0 Å². The van der Waals surface area contributed by atoms with E-state index in [1.165, 1.54) is 24.2 Å². The number of carbonyl (C=O) groups is 2. The molecule has 1 aromatic rings. The van der Waals surface area contributed by atoms with Crippen molar-refractivity contribution in [2.45, 2.75) is 44.7 Å². The zero-order valence-electron chi connectivity index (χ0n) is 12.7. The van der Waals surface area contributed by atoms with Gasteiger partial charge in [-0.05, 0) is 49.5 Å². The highest BCUT2D eigenvalue weighted by Crippen LogP contribution is 2.33. The monoisotopic (exact) mass is 322 g/mol. The zero-order valence-corrected chi connectivity index (χ0v) is 13.6. The fourth-order valence-electron chi connectivity index (χ4n) is 3.01. The van der Waals surface area contributed by atoms with E-state index in [-0.39, 0.29) is 18.5 Å². The fraction of sp³-hybridized carbons (Fsp3) is 0.625. The van der Waals surface area contributed by atoms with Crippen LogP contribution in [-0.4, -0.2) is 47.1 Å². The molecule has 1 aromatic heterocycles. The van der Waals surface area contributed by atoms with E-state index in [9.17, 15) is 9.59 Å². The summed E-state index contributed by atoms with van der Waals surface area (Å²) in [6.45, 7) is 2.95. The van der Waals surface area contributed by atoms with Gasteiger partial charge in [0.1, 0.15) is 0 Å². The van der Waals surface area contributed by atoms with Crippen LogP contribution in [0, 0.1) is 12.8 Å². The minimum absolute atomic E-state index is 0.00539. The van der Waals surface area contributed by atoms with Gasteiger partial charge in [-0.2, -0.15) is 11.3 Å². The van der Waals surface area contributed by atoms with E-state index in [0.717, 1.165) is 30.5 Å². The van der Waals surface area contributed by atoms with Crippen molar-refractivity contribution in [3.8, 4) is 0 Å². The van der Waals surface area contributed by atoms with Crippen molar-refractivity contribution in [3.63, 3.8) is 0 Å². The van der Waals surface area contributed by atoms with Gasteiger partial charge in [-0.15, -0.1) is 0 Å². The van der Waals surface area contributed by atoms with Crippen LogP contribution in [0.3, 0.4) is 0 Å². The predicted molar refractivity (Wildman–Crippen MR) is 85.3 cm³/mol. The molecule has 2 fully saturated rings. The Morgan fingerprint density at radius 2 is 2.09 bits per heavy atom.